The van der Waals surface area contributed by atoms with E-state index in [1.54, 1.807) is 0 Å². The first kappa shape index (κ1) is 24.3. The van der Waals surface area contributed by atoms with Gasteiger partial charge in [0, 0.05) is 0 Å². The lowest BCUT2D eigenvalue weighted by Crippen LogP contribution is -2.11. The van der Waals surface area contributed by atoms with E-state index in [0.717, 1.165) is 11.5 Å². The normalized spacial score (nSPS) is 11.5. The molecule has 0 unspecified atom stereocenters. The largest absolute Gasteiger partial charge is 0.616 e. The number of unbranched alkanes of at least 4 members (excludes halogenated alkanes) is 16. The molecule has 0 aliphatic rings. The van der Waals surface area contributed by atoms with E-state index in [4.69, 9.17) is 0 Å². The first-order valence-electron chi connectivity index (χ1n) is 11.2. The summed E-state index contributed by atoms with van der Waals surface area (Å²) in [4.78, 5) is 0. The molecule has 0 saturated carbocycles. The van der Waals surface area contributed by atoms with Gasteiger partial charge >= 0.3 is 0 Å². The lowest BCUT2D eigenvalue weighted by molar-refractivity contribution is 0.558. The smallest absolute Gasteiger partial charge is 0.105 e. The fourth-order valence-electron chi connectivity index (χ4n) is 3.25. The minimum Gasteiger partial charge on any atom is -0.616 e. The molecule has 0 rings (SSSR count). The van der Waals surface area contributed by atoms with Crippen molar-refractivity contribution in [2.45, 2.75) is 129 Å². The topological polar surface area (TPSA) is 23.1 Å². The highest BCUT2D eigenvalue weighted by atomic mass is 32.2. The van der Waals surface area contributed by atoms with Crippen LogP contribution in [0.15, 0.2) is 0 Å². The van der Waals surface area contributed by atoms with Crippen LogP contribution in [0.2, 0.25) is 0 Å². The maximum atomic E-state index is 12.0. The van der Waals surface area contributed by atoms with E-state index in [2.05, 4.69) is 13.8 Å². The van der Waals surface area contributed by atoms with Gasteiger partial charge in [-0.3, -0.25) is 0 Å². The van der Waals surface area contributed by atoms with Crippen LogP contribution in [0.25, 0.3) is 0 Å². The van der Waals surface area contributed by atoms with Crippen LogP contribution in [0.4, 0.5) is 0 Å². The predicted octanol–water partition coefficient (Wildman–Crippen LogP) is 7.80. The standard InChI is InChI=1S/C22H46OS/c1-3-5-7-9-11-13-15-17-19-21-24(23)22-20-18-16-14-12-10-8-6-4-2/h3-22H2,1-2H3. The van der Waals surface area contributed by atoms with Crippen LogP contribution in [-0.4, -0.2) is 16.1 Å². The minimum atomic E-state index is -0.543. The van der Waals surface area contributed by atoms with Crippen molar-refractivity contribution in [3.63, 3.8) is 0 Å². The zero-order valence-electron chi connectivity index (χ0n) is 17.0. The molecule has 0 spiro atoms. The van der Waals surface area contributed by atoms with Gasteiger partial charge in [0.25, 0.3) is 0 Å². The van der Waals surface area contributed by atoms with E-state index in [0.29, 0.717) is 0 Å². The van der Waals surface area contributed by atoms with Crippen LogP contribution in [-0.2, 0) is 11.2 Å². The van der Waals surface area contributed by atoms with Gasteiger partial charge in [0.15, 0.2) is 0 Å². The second kappa shape index (κ2) is 21.4. The molecule has 146 valence electrons. The predicted molar refractivity (Wildman–Crippen MR) is 112 cm³/mol. The molecule has 0 aromatic rings. The molecule has 0 aromatic heterocycles. The highest BCUT2D eigenvalue weighted by Gasteiger charge is 2.05. The number of rotatable bonds is 20. The maximum Gasteiger partial charge on any atom is 0.105 e. The van der Waals surface area contributed by atoms with Gasteiger partial charge in [-0.05, 0) is 25.7 Å². The van der Waals surface area contributed by atoms with Gasteiger partial charge in [-0.15, -0.1) is 0 Å². The summed E-state index contributed by atoms with van der Waals surface area (Å²) in [7, 11) is 0. The molecule has 0 heterocycles. The van der Waals surface area contributed by atoms with Crippen LogP contribution in [0.1, 0.15) is 129 Å². The summed E-state index contributed by atoms with van der Waals surface area (Å²) in [6.07, 6.45) is 24.3. The van der Waals surface area contributed by atoms with Gasteiger partial charge in [0.2, 0.25) is 0 Å². The Bertz CT molecular complexity index is 198. The Morgan fingerprint density at radius 3 is 0.958 bits per heavy atom. The Balaban J connectivity index is 3.12. The van der Waals surface area contributed by atoms with Crippen LogP contribution < -0.4 is 0 Å². The van der Waals surface area contributed by atoms with E-state index in [1.165, 1.54) is 116 Å². The van der Waals surface area contributed by atoms with Gasteiger partial charge in [0.05, 0.1) is 0 Å². The van der Waals surface area contributed by atoms with E-state index in [9.17, 15) is 4.55 Å². The Labute approximate surface area is 156 Å². The van der Waals surface area contributed by atoms with E-state index >= 15 is 0 Å². The second-order valence-corrected chi connectivity index (χ2v) is 9.20. The summed E-state index contributed by atoms with van der Waals surface area (Å²) in [6, 6.07) is 0. The zero-order chi connectivity index (χ0) is 17.7. The Hall–Kier alpha value is 0.310. The summed E-state index contributed by atoms with van der Waals surface area (Å²) in [6.45, 7) is 4.55. The fraction of sp³-hybridized carbons (Fsp3) is 1.00. The maximum absolute atomic E-state index is 12.0. The third kappa shape index (κ3) is 20.4. The van der Waals surface area contributed by atoms with E-state index in [-0.39, 0.29) is 0 Å². The molecule has 0 N–H and O–H groups in total. The molecule has 0 aromatic carbocycles. The van der Waals surface area contributed by atoms with Crippen LogP contribution >= 0.6 is 0 Å². The number of hydrogen-bond acceptors (Lipinski definition) is 1. The molecule has 0 radical (unpaired) electrons. The summed E-state index contributed by atoms with van der Waals surface area (Å²) in [5.74, 6) is 1.90. The molecular weight excluding hydrogens is 312 g/mol. The zero-order valence-corrected chi connectivity index (χ0v) is 17.8. The molecule has 24 heavy (non-hydrogen) atoms. The van der Waals surface area contributed by atoms with Gasteiger partial charge < -0.3 is 4.55 Å². The van der Waals surface area contributed by atoms with Crippen molar-refractivity contribution in [1.82, 2.24) is 0 Å². The van der Waals surface area contributed by atoms with Crippen molar-refractivity contribution in [2.24, 2.45) is 0 Å². The molecule has 0 bridgehead atoms. The molecular formula is C22H46OS. The lowest BCUT2D eigenvalue weighted by Gasteiger charge is -2.11. The fourth-order valence-corrected chi connectivity index (χ4v) is 4.51. The summed E-state index contributed by atoms with van der Waals surface area (Å²) in [5.41, 5.74) is 0. The quantitative estimate of drug-likeness (QED) is 0.161. The van der Waals surface area contributed by atoms with Crippen molar-refractivity contribution in [2.75, 3.05) is 11.5 Å². The third-order valence-corrected chi connectivity index (χ3v) is 6.44. The minimum absolute atomic E-state index is 0.543. The van der Waals surface area contributed by atoms with Gasteiger partial charge in [0.1, 0.15) is 11.5 Å². The van der Waals surface area contributed by atoms with Crippen LogP contribution in [0.5, 0.6) is 0 Å². The molecule has 1 nitrogen and oxygen atoms in total. The molecule has 0 fully saturated rings. The van der Waals surface area contributed by atoms with Gasteiger partial charge in [-0.25, -0.2) is 0 Å². The van der Waals surface area contributed by atoms with E-state index in [1.807, 2.05) is 0 Å². The molecule has 0 atom stereocenters. The summed E-state index contributed by atoms with van der Waals surface area (Å²) >= 11 is -0.543. The number of hydrogen-bond donors (Lipinski definition) is 0. The van der Waals surface area contributed by atoms with E-state index < -0.39 is 11.2 Å². The first-order chi connectivity index (χ1) is 11.8. The van der Waals surface area contributed by atoms with Crippen molar-refractivity contribution in [3.8, 4) is 0 Å². The third-order valence-electron chi connectivity index (χ3n) is 4.95. The van der Waals surface area contributed by atoms with Gasteiger partial charge in [-0.2, -0.15) is 0 Å². The second-order valence-electron chi connectivity index (χ2n) is 7.50. The Morgan fingerprint density at radius 1 is 0.417 bits per heavy atom. The highest BCUT2D eigenvalue weighted by Crippen LogP contribution is 2.12. The van der Waals surface area contributed by atoms with Crippen molar-refractivity contribution >= 4 is 11.2 Å². The Kier molecular flexibility index (Phi) is 21.6. The lowest BCUT2D eigenvalue weighted by atomic mass is 10.1. The highest BCUT2D eigenvalue weighted by molar-refractivity contribution is 7.91. The van der Waals surface area contributed by atoms with Crippen LogP contribution in [0, 0.1) is 0 Å². The van der Waals surface area contributed by atoms with Gasteiger partial charge in [-0.1, -0.05) is 115 Å². The SMILES string of the molecule is CCCCCCCCCCC[S+]([O-])CCCCCCCCCCC. The average molecular weight is 359 g/mol. The summed E-state index contributed by atoms with van der Waals surface area (Å²) in [5, 5.41) is 0. The monoisotopic (exact) mass is 358 g/mol. The van der Waals surface area contributed by atoms with Crippen molar-refractivity contribution in [1.29, 1.82) is 0 Å². The average Bonchev–Trinajstić information content (AvgIpc) is 2.59. The Morgan fingerprint density at radius 2 is 0.667 bits per heavy atom. The molecule has 0 aliphatic heterocycles. The summed E-state index contributed by atoms with van der Waals surface area (Å²) < 4.78 is 12.0. The molecule has 0 aliphatic carbocycles. The first-order valence-corrected chi connectivity index (χ1v) is 12.6. The van der Waals surface area contributed by atoms with Crippen molar-refractivity contribution in [3.05, 3.63) is 0 Å². The van der Waals surface area contributed by atoms with Crippen LogP contribution in [0.3, 0.4) is 0 Å². The van der Waals surface area contributed by atoms with Crippen molar-refractivity contribution < 1.29 is 4.55 Å². The molecule has 0 saturated heterocycles. The molecule has 0 amide bonds. The molecule has 2 heteroatoms.